The lowest BCUT2D eigenvalue weighted by molar-refractivity contribution is 0.0746. The van der Waals surface area contributed by atoms with Crippen LogP contribution in [0.4, 0.5) is 10.2 Å². The third-order valence-corrected chi connectivity index (χ3v) is 6.53. The summed E-state index contributed by atoms with van der Waals surface area (Å²) in [7, 11) is 0. The molecule has 0 N–H and O–H groups in total. The van der Waals surface area contributed by atoms with Crippen molar-refractivity contribution in [3.63, 3.8) is 0 Å². The number of carbonyl (C=O) groups excluding carboxylic acids is 1. The molecule has 35 heavy (non-hydrogen) atoms. The minimum atomic E-state index is -0.401. The highest BCUT2D eigenvalue weighted by Crippen LogP contribution is 2.30. The van der Waals surface area contributed by atoms with E-state index in [1.165, 1.54) is 12.1 Å². The van der Waals surface area contributed by atoms with Gasteiger partial charge in [0.2, 0.25) is 0 Å². The van der Waals surface area contributed by atoms with Crippen LogP contribution in [0, 0.1) is 5.82 Å². The summed E-state index contributed by atoms with van der Waals surface area (Å²) in [5.74, 6) is 1.34. The zero-order valence-corrected chi connectivity index (χ0v) is 20.1. The Kier molecular flexibility index (Phi) is 6.44. The molecule has 1 aliphatic heterocycles. The van der Waals surface area contributed by atoms with Gasteiger partial charge in [0.25, 0.3) is 5.91 Å². The van der Waals surface area contributed by atoms with E-state index in [0.29, 0.717) is 31.7 Å². The van der Waals surface area contributed by atoms with Gasteiger partial charge in [0.1, 0.15) is 17.5 Å². The third kappa shape index (κ3) is 4.60. The largest absolute Gasteiger partial charge is 0.352 e. The van der Waals surface area contributed by atoms with Crippen LogP contribution in [0.25, 0.3) is 16.7 Å². The maximum absolute atomic E-state index is 13.6. The van der Waals surface area contributed by atoms with Crippen LogP contribution < -0.4 is 4.90 Å². The zero-order valence-electron chi connectivity index (χ0n) is 20.1. The molecular weight excluding hydrogens is 443 g/mol. The molecule has 2 aromatic heterocycles. The number of amides is 1. The second kappa shape index (κ2) is 9.82. The van der Waals surface area contributed by atoms with Crippen molar-refractivity contribution in [2.24, 2.45) is 0 Å². The van der Waals surface area contributed by atoms with E-state index in [1.807, 2.05) is 41.2 Å². The number of carbonyl (C=O) groups is 1. The monoisotopic (exact) mass is 472 g/mol. The van der Waals surface area contributed by atoms with Gasteiger partial charge in [-0.05, 0) is 36.8 Å². The SMILES string of the molecule is CCC[C@@H](C)c1nc(N2CCN(C(=O)c3cccc(F)c3)CC2)c2cnn(-c3ccccc3)c2n1. The van der Waals surface area contributed by atoms with E-state index in [0.717, 1.165) is 41.2 Å². The molecule has 0 saturated carbocycles. The smallest absolute Gasteiger partial charge is 0.254 e. The first-order valence-electron chi connectivity index (χ1n) is 12.2. The number of hydrogen-bond acceptors (Lipinski definition) is 5. The molecule has 0 bridgehead atoms. The van der Waals surface area contributed by atoms with Gasteiger partial charge in [-0.25, -0.2) is 19.0 Å². The quantitative estimate of drug-likeness (QED) is 0.403. The Morgan fingerprint density at radius 3 is 2.51 bits per heavy atom. The molecule has 1 atom stereocenters. The molecule has 0 unspecified atom stereocenters. The minimum Gasteiger partial charge on any atom is -0.352 e. The predicted molar refractivity (Wildman–Crippen MR) is 134 cm³/mol. The molecule has 7 nitrogen and oxygen atoms in total. The Labute approximate surface area is 204 Å². The van der Waals surface area contributed by atoms with E-state index < -0.39 is 5.82 Å². The van der Waals surface area contributed by atoms with E-state index in [2.05, 4.69) is 23.8 Å². The summed E-state index contributed by atoms with van der Waals surface area (Å²) >= 11 is 0. The van der Waals surface area contributed by atoms with Crippen LogP contribution in [0.5, 0.6) is 0 Å². The maximum atomic E-state index is 13.6. The minimum absolute atomic E-state index is 0.147. The van der Waals surface area contributed by atoms with Crippen molar-refractivity contribution < 1.29 is 9.18 Å². The summed E-state index contributed by atoms with van der Waals surface area (Å²) in [4.78, 5) is 26.8. The van der Waals surface area contributed by atoms with Crippen molar-refractivity contribution in [3.05, 3.63) is 78.0 Å². The molecule has 5 rings (SSSR count). The van der Waals surface area contributed by atoms with Crippen LogP contribution in [0.15, 0.2) is 60.8 Å². The highest BCUT2D eigenvalue weighted by Gasteiger charge is 2.26. The van der Waals surface area contributed by atoms with Crippen LogP contribution in [-0.2, 0) is 0 Å². The van der Waals surface area contributed by atoms with Crippen molar-refractivity contribution in [3.8, 4) is 5.69 Å². The van der Waals surface area contributed by atoms with Gasteiger partial charge in [0.15, 0.2) is 5.65 Å². The maximum Gasteiger partial charge on any atom is 0.254 e. The van der Waals surface area contributed by atoms with E-state index in [4.69, 9.17) is 9.97 Å². The van der Waals surface area contributed by atoms with Gasteiger partial charge < -0.3 is 9.80 Å². The second-order valence-corrected chi connectivity index (χ2v) is 9.01. The Morgan fingerprint density at radius 2 is 1.80 bits per heavy atom. The topological polar surface area (TPSA) is 67.2 Å². The lowest BCUT2D eigenvalue weighted by atomic mass is 10.1. The van der Waals surface area contributed by atoms with Crippen LogP contribution in [-0.4, -0.2) is 56.7 Å². The number of hydrogen-bond donors (Lipinski definition) is 0. The average Bonchev–Trinajstić information content (AvgIpc) is 3.32. The Bertz CT molecular complexity index is 1330. The van der Waals surface area contributed by atoms with Gasteiger partial charge in [-0.2, -0.15) is 5.10 Å². The molecule has 1 aliphatic rings. The van der Waals surface area contributed by atoms with Gasteiger partial charge in [0, 0.05) is 37.7 Å². The number of anilines is 1. The molecule has 8 heteroatoms. The molecule has 1 amide bonds. The Hall–Kier alpha value is -3.81. The Balaban J connectivity index is 1.46. The fourth-order valence-corrected chi connectivity index (χ4v) is 4.62. The van der Waals surface area contributed by atoms with E-state index in [1.54, 1.807) is 17.0 Å². The van der Waals surface area contributed by atoms with Crippen molar-refractivity contribution >= 4 is 22.8 Å². The van der Waals surface area contributed by atoms with E-state index in [-0.39, 0.29) is 11.8 Å². The molecule has 0 radical (unpaired) electrons. The highest BCUT2D eigenvalue weighted by atomic mass is 19.1. The number of halogens is 1. The summed E-state index contributed by atoms with van der Waals surface area (Å²) in [6, 6.07) is 15.9. The fourth-order valence-electron chi connectivity index (χ4n) is 4.62. The van der Waals surface area contributed by atoms with Gasteiger partial charge >= 0.3 is 0 Å². The van der Waals surface area contributed by atoms with Gasteiger partial charge in [-0.3, -0.25) is 4.79 Å². The fraction of sp³-hybridized carbons (Fsp3) is 0.333. The van der Waals surface area contributed by atoms with Crippen LogP contribution in [0.3, 0.4) is 0 Å². The molecule has 0 aliphatic carbocycles. The van der Waals surface area contributed by atoms with Crippen molar-refractivity contribution in [2.45, 2.75) is 32.6 Å². The van der Waals surface area contributed by atoms with Crippen molar-refractivity contribution in [2.75, 3.05) is 31.1 Å². The molecule has 3 heterocycles. The van der Waals surface area contributed by atoms with Gasteiger partial charge in [0.05, 0.1) is 17.3 Å². The van der Waals surface area contributed by atoms with Gasteiger partial charge in [-0.1, -0.05) is 44.5 Å². The number of fused-ring (bicyclic) bond motifs is 1. The number of aromatic nitrogens is 4. The predicted octanol–water partition coefficient (Wildman–Crippen LogP) is 4.82. The number of nitrogens with zero attached hydrogens (tertiary/aromatic N) is 6. The first kappa shape index (κ1) is 23.0. The summed E-state index contributed by atoms with van der Waals surface area (Å²) < 4.78 is 15.5. The molecular formula is C27H29FN6O. The lowest BCUT2D eigenvalue weighted by Gasteiger charge is -2.36. The zero-order chi connectivity index (χ0) is 24.4. The summed E-state index contributed by atoms with van der Waals surface area (Å²) in [6.45, 7) is 6.66. The number of benzene rings is 2. The van der Waals surface area contributed by atoms with Crippen LogP contribution in [0.1, 0.15) is 48.8 Å². The molecule has 1 saturated heterocycles. The number of rotatable bonds is 6. The molecule has 0 spiro atoms. The first-order valence-corrected chi connectivity index (χ1v) is 12.2. The van der Waals surface area contributed by atoms with E-state index in [9.17, 15) is 9.18 Å². The molecule has 4 aromatic rings. The standard InChI is InChI=1S/C27H29FN6O/c1-3-8-19(2)24-30-25(23-18-29-34(26(23)31-24)22-11-5-4-6-12-22)32-13-15-33(16-14-32)27(35)20-9-7-10-21(28)17-20/h4-7,9-12,17-19H,3,8,13-16H2,1-2H3/t19-/m1/s1. The Morgan fingerprint density at radius 1 is 1.03 bits per heavy atom. The van der Waals surface area contributed by atoms with Crippen LogP contribution in [0.2, 0.25) is 0 Å². The summed E-state index contributed by atoms with van der Waals surface area (Å²) in [5, 5.41) is 5.54. The van der Waals surface area contributed by atoms with E-state index >= 15 is 0 Å². The van der Waals surface area contributed by atoms with Crippen molar-refractivity contribution in [1.29, 1.82) is 0 Å². The van der Waals surface area contributed by atoms with Gasteiger partial charge in [-0.15, -0.1) is 0 Å². The average molecular weight is 473 g/mol. The van der Waals surface area contributed by atoms with Crippen molar-refractivity contribution in [1.82, 2.24) is 24.6 Å². The summed E-state index contributed by atoms with van der Waals surface area (Å²) in [6.07, 6.45) is 3.88. The number of para-hydroxylation sites is 1. The first-order chi connectivity index (χ1) is 17.0. The molecule has 180 valence electrons. The third-order valence-electron chi connectivity index (χ3n) is 6.53. The summed E-state index contributed by atoms with van der Waals surface area (Å²) in [5.41, 5.74) is 2.12. The van der Waals surface area contributed by atoms with Crippen LogP contribution >= 0.6 is 0 Å². The lowest BCUT2D eigenvalue weighted by Crippen LogP contribution is -2.49. The normalized spacial score (nSPS) is 14.9. The highest BCUT2D eigenvalue weighted by molar-refractivity contribution is 5.94. The number of piperazine rings is 1. The molecule has 2 aromatic carbocycles. The second-order valence-electron chi connectivity index (χ2n) is 9.01. The molecule has 1 fully saturated rings.